The Bertz CT molecular complexity index is 1120. The molecule has 1 aromatic carbocycles. The molecule has 3 aromatic rings. The number of nitrogens with zero attached hydrogens (tertiary/aromatic N) is 4. The molecule has 0 radical (unpaired) electrons. The Morgan fingerprint density at radius 3 is 2.45 bits per heavy atom. The first-order chi connectivity index (χ1) is 16.0. The topological polar surface area (TPSA) is 117 Å². The number of carbonyl (C=O) groups is 3. The highest BCUT2D eigenvalue weighted by Crippen LogP contribution is 2.21. The van der Waals surface area contributed by atoms with Crippen molar-refractivity contribution in [1.29, 1.82) is 0 Å². The van der Waals surface area contributed by atoms with E-state index in [1.165, 1.54) is 0 Å². The molecule has 0 bridgehead atoms. The van der Waals surface area contributed by atoms with E-state index in [4.69, 9.17) is 0 Å². The van der Waals surface area contributed by atoms with Crippen LogP contribution in [0.2, 0.25) is 0 Å². The van der Waals surface area contributed by atoms with Crippen LogP contribution in [0, 0.1) is 12.8 Å². The number of piperidine rings is 1. The smallest absolute Gasteiger partial charge is 0.286 e. The molecular formula is C23H24N6O3S. The molecule has 33 heavy (non-hydrogen) atoms. The van der Waals surface area contributed by atoms with Gasteiger partial charge in [-0.3, -0.25) is 19.4 Å². The van der Waals surface area contributed by atoms with Gasteiger partial charge in [0, 0.05) is 30.9 Å². The number of carbonyl (C=O) groups excluding carboxylic acids is 3. The maximum Gasteiger partial charge on any atom is 0.286 e. The lowest BCUT2D eigenvalue weighted by atomic mass is 9.96. The zero-order valence-corrected chi connectivity index (χ0v) is 19.0. The van der Waals surface area contributed by atoms with Gasteiger partial charge in [0.1, 0.15) is 0 Å². The predicted molar refractivity (Wildman–Crippen MR) is 124 cm³/mol. The van der Waals surface area contributed by atoms with Crippen LogP contribution in [0.15, 0.2) is 48.7 Å². The van der Waals surface area contributed by atoms with Crippen molar-refractivity contribution in [3.05, 3.63) is 69.9 Å². The molecule has 1 aliphatic heterocycles. The maximum atomic E-state index is 12.8. The summed E-state index contributed by atoms with van der Waals surface area (Å²) in [7, 11) is 0. The maximum absolute atomic E-state index is 12.8. The highest BCUT2D eigenvalue weighted by atomic mass is 32.1. The van der Waals surface area contributed by atoms with Crippen LogP contribution in [0.25, 0.3) is 0 Å². The number of aryl methyl sites for hydroxylation is 1. The lowest BCUT2D eigenvalue weighted by Crippen LogP contribution is -2.43. The quantitative estimate of drug-likeness (QED) is 0.579. The highest BCUT2D eigenvalue weighted by molar-refractivity contribution is 7.15. The number of hydrogen-bond donors (Lipinski definition) is 2. The van der Waals surface area contributed by atoms with Crippen molar-refractivity contribution in [1.82, 2.24) is 25.4 Å². The molecule has 3 amide bonds. The van der Waals surface area contributed by atoms with Crippen molar-refractivity contribution in [2.24, 2.45) is 5.92 Å². The van der Waals surface area contributed by atoms with Crippen LogP contribution in [0.5, 0.6) is 0 Å². The van der Waals surface area contributed by atoms with E-state index in [-0.39, 0.29) is 27.7 Å². The number of aromatic nitrogens is 3. The summed E-state index contributed by atoms with van der Waals surface area (Å²) in [4.78, 5) is 43.5. The molecule has 9 nitrogen and oxygen atoms in total. The first-order valence-corrected chi connectivity index (χ1v) is 11.5. The van der Waals surface area contributed by atoms with Crippen LogP contribution in [0.4, 0.5) is 5.69 Å². The Balaban J connectivity index is 1.27. The summed E-state index contributed by atoms with van der Waals surface area (Å²) in [5.74, 6) is -0.852. The molecule has 0 aliphatic carbocycles. The van der Waals surface area contributed by atoms with Crippen LogP contribution >= 0.6 is 11.3 Å². The molecule has 2 aromatic heterocycles. The van der Waals surface area contributed by atoms with Crippen LogP contribution in [-0.2, 0) is 11.3 Å². The van der Waals surface area contributed by atoms with Crippen LogP contribution in [-0.4, -0.2) is 50.9 Å². The summed E-state index contributed by atoms with van der Waals surface area (Å²) in [5, 5.41) is 13.8. The van der Waals surface area contributed by atoms with Crippen LogP contribution in [0.1, 0.15) is 43.7 Å². The van der Waals surface area contributed by atoms with Gasteiger partial charge >= 0.3 is 0 Å². The number of pyridine rings is 1. The van der Waals surface area contributed by atoms with Gasteiger partial charge in [0.2, 0.25) is 15.9 Å². The SMILES string of the molecule is Cc1ccc(NC(=O)c2nnc(C(=O)N3CCC(C(=O)NCc4ccccn4)CC3)s2)cc1. The first kappa shape index (κ1) is 22.5. The molecule has 0 atom stereocenters. The lowest BCUT2D eigenvalue weighted by Gasteiger charge is -2.30. The third-order valence-electron chi connectivity index (χ3n) is 5.43. The number of benzene rings is 1. The predicted octanol–water partition coefficient (Wildman–Crippen LogP) is 2.66. The van der Waals surface area contributed by atoms with Crippen molar-refractivity contribution in [2.45, 2.75) is 26.3 Å². The minimum Gasteiger partial charge on any atom is -0.350 e. The van der Waals surface area contributed by atoms with E-state index in [2.05, 4.69) is 25.8 Å². The number of nitrogens with one attached hydrogen (secondary N) is 2. The third-order valence-corrected chi connectivity index (χ3v) is 6.34. The minimum atomic E-state index is -0.404. The zero-order valence-electron chi connectivity index (χ0n) is 18.2. The van der Waals surface area contributed by atoms with Gasteiger partial charge < -0.3 is 15.5 Å². The van der Waals surface area contributed by atoms with E-state index in [9.17, 15) is 14.4 Å². The van der Waals surface area contributed by atoms with Crippen molar-refractivity contribution < 1.29 is 14.4 Å². The number of anilines is 1. The number of likely N-dealkylation sites (tertiary alicyclic amines) is 1. The summed E-state index contributed by atoms with van der Waals surface area (Å²) >= 11 is 0.966. The van der Waals surface area contributed by atoms with Gasteiger partial charge in [0.25, 0.3) is 11.8 Å². The van der Waals surface area contributed by atoms with E-state index < -0.39 is 5.91 Å². The van der Waals surface area contributed by atoms with E-state index >= 15 is 0 Å². The molecule has 1 aliphatic rings. The molecule has 170 valence electrons. The van der Waals surface area contributed by atoms with E-state index in [0.29, 0.717) is 38.2 Å². The minimum absolute atomic E-state index is 0.0290. The van der Waals surface area contributed by atoms with Crippen molar-refractivity contribution >= 4 is 34.7 Å². The molecule has 2 N–H and O–H groups in total. The lowest BCUT2D eigenvalue weighted by molar-refractivity contribution is -0.126. The summed E-state index contributed by atoms with van der Waals surface area (Å²) in [6.07, 6.45) is 2.83. The fourth-order valence-electron chi connectivity index (χ4n) is 3.53. The molecule has 0 saturated carbocycles. The Morgan fingerprint density at radius 1 is 1.03 bits per heavy atom. The second-order valence-corrected chi connectivity index (χ2v) is 8.82. The second kappa shape index (κ2) is 10.3. The molecule has 4 rings (SSSR count). The first-order valence-electron chi connectivity index (χ1n) is 10.7. The Labute approximate surface area is 195 Å². The standard InChI is InChI=1S/C23H24N6O3S/c1-15-5-7-17(8-6-15)26-20(31)21-27-28-22(33-21)23(32)29-12-9-16(10-13-29)19(30)25-14-18-4-2-3-11-24-18/h2-8,11,16H,9-10,12-14H2,1H3,(H,25,30)(H,26,31). The van der Waals surface area contributed by atoms with E-state index in [1.54, 1.807) is 23.2 Å². The summed E-state index contributed by atoms with van der Waals surface area (Å²) < 4.78 is 0. The fourth-order valence-corrected chi connectivity index (χ4v) is 4.23. The van der Waals surface area contributed by atoms with Gasteiger partial charge in [-0.2, -0.15) is 0 Å². The molecule has 1 saturated heterocycles. The molecule has 1 fully saturated rings. The monoisotopic (exact) mass is 464 g/mol. The molecule has 3 heterocycles. The summed E-state index contributed by atoms with van der Waals surface area (Å²) in [6, 6.07) is 13.0. The van der Waals surface area contributed by atoms with Crippen molar-refractivity contribution in [3.8, 4) is 0 Å². The largest absolute Gasteiger partial charge is 0.350 e. The second-order valence-electron chi connectivity index (χ2n) is 7.84. The molecule has 0 unspecified atom stereocenters. The van der Waals surface area contributed by atoms with Crippen LogP contribution in [0.3, 0.4) is 0 Å². The van der Waals surface area contributed by atoms with Gasteiger partial charge in [-0.05, 0) is 44.0 Å². The van der Waals surface area contributed by atoms with Crippen LogP contribution < -0.4 is 10.6 Å². The van der Waals surface area contributed by atoms with Gasteiger partial charge in [-0.1, -0.05) is 35.1 Å². The summed E-state index contributed by atoms with van der Waals surface area (Å²) in [6.45, 7) is 3.25. The highest BCUT2D eigenvalue weighted by Gasteiger charge is 2.29. The van der Waals surface area contributed by atoms with Crippen molar-refractivity contribution in [2.75, 3.05) is 18.4 Å². The third kappa shape index (κ3) is 5.78. The van der Waals surface area contributed by atoms with Crippen molar-refractivity contribution in [3.63, 3.8) is 0 Å². The molecule has 10 heteroatoms. The molecule has 0 spiro atoms. The Hall–Kier alpha value is -3.66. The average Bonchev–Trinajstić information content (AvgIpc) is 3.35. The average molecular weight is 465 g/mol. The van der Waals surface area contributed by atoms with Gasteiger partial charge in [-0.15, -0.1) is 10.2 Å². The number of rotatable bonds is 6. The number of hydrogen-bond acceptors (Lipinski definition) is 7. The Morgan fingerprint density at radius 2 is 1.76 bits per heavy atom. The zero-order chi connectivity index (χ0) is 23.2. The van der Waals surface area contributed by atoms with E-state index in [1.807, 2.05) is 37.3 Å². The normalized spacial score (nSPS) is 14.0. The Kier molecular flexibility index (Phi) is 7.04. The van der Waals surface area contributed by atoms with Gasteiger partial charge in [0.05, 0.1) is 12.2 Å². The van der Waals surface area contributed by atoms with Gasteiger partial charge in [-0.25, -0.2) is 0 Å². The van der Waals surface area contributed by atoms with E-state index in [0.717, 1.165) is 22.6 Å². The molecular weight excluding hydrogens is 440 g/mol. The summed E-state index contributed by atoms with van der Waals surface area (Å²) in [5.41, 5.74) is 2.54. The number of amides is 3. The van der Waals surface area contributed by atoms with Gasteiger partial charge in [0.15, 0.2) is 0 Å². The fraction of sp³-hybridized carbons (Fsp3) is 0.304.